The second-order valence-electron chi connectivity index (χ2n) is 1.34. The number of nitrogens with two attached hydrogens (primary N) is 2. The van der Waals surface area contributed by atoms with Crippen LogP contribution in [0.1, 0.15) is 0 Å². The van der Waals surface area contributed by atoms with Crippen LogP contribution in [-0.4, -0.2) is 28.5 Å². The Morgan fingerprint density at radius 3 is 1.88 bits per heavy atom. The summed E-state index contributed by atoms with van der Waals surface area (Å²) < 4.78 is 0. The minimum absolute atomic E-state index is 0.931. The molecule has 0 aliphatic rings. The van der Waals surface area contributed by atoms with Crippen molar-refractivity contribution in [2.24, 2.45) is 11.5 Å². The van der Waals surface area contributed by atoms with Crippen molar-refractivity contribution in [1.82, 2.24) is 0 Å². The van der Waals surface area contributed by atoms with Gasteiger partial charge in [-0.1, -0.05) is 0 Å². The lowest BCUT2D eigenvalue weighted by atomic mass is 10.3. The van der Waals surface area contributed by atoms with Crippen LogP contribution < -0.4 is 11.5 Å². The largest absolute Gasteiger partial charge is 0.368 e. The number of carbonyl (C=O) groups excluding carboxylic acids is 1. The van der Waals surface area contributed by atoms with Gasteiger partial charge in [-0.25, -0.2) is 0 Å². The van der Waals surface area contributed by atoms with E-state index in [4.69, 9.17) is 15.9 Å². The van der Waals surface area contributed by atoms with Gasteiger partial charge in [0.2, 0.25) is 5.91 Å². The first-order chi connectivity index (χ1) is 3.55. The van der Waals surface area contributed by atoms with Crippen LogP contribution in [0.4, 0.5) is 0 Å². The van der Waals surface area contributed by atoms with E-state index in [1.165, 1.54) is 0 Å². The van der Waals surface area contributed by atoms with E-state index < -0.39 is 18.2 Å². The summed E-state index contributed by atoms with van der Waals surface area (Å²) in [5, 5.41) is 16.2. The molecular formula is C3H8N2O3. The average Bonchev–Trinajstić information content (AvgIpc) is 1.64. The summed E-state index contributed by atoms with van der Waals surface area (Å²) in [6.45, 7) is 0. The molecule has 5 nitrogen and oxygen atoms in total. The first-order valence-corrected chi connectivity index (χ1v) is 1.96. The van der Waals surface area contributed by atoms with Crippen LogP contribution >= 0.6 is 0 Å². The van der Waals surface area contributed by atoms with Crippen LogP contribution in [0.2, 0.25) is 0 Å². The number of carbonyl (C=O) groups is 1. The Bertz CT molecular complexity index is 92.5. The Morgan fingerprint density at radius 2 is 1.88 bits per heavy atom. The normalized spacial score (nSPS) is 14.0. The molecule has 1 unspecified atom stereocenters. The molecule has 0 radical (unpaired) electrons. The Balaban J connectivity index is 3.64. The Labute approximate surface area is 45.9 Å². The molecule has 0 spiro atoms. The van der Waals surface area contributed by atoms with E-state index >= 15 is 0 Å². The molecule has 0 heterocycles. The number of hydrogen-bond acceptors (Lipinski definition) is 4. The summed E-state index contributed by atoms with van der Waals surface area (Å²) in [7, 11) is 0. The maximum atomic E-state index is 9.92. The van der Waals surface area contributed by atoms with E-state index in [-0.39, 0.29) is 0 Å². The van der Waals surface area contributed by atoms with E-state index in [1.807, 2.05) is 0 Å². The highest BCUT2D eigenvalue weighted by Crippen LogP contribution is 1.80. The summed E-state index contributed by atoms with van der Waals surface area (Å²) in [6, 6.07) is -1.38. The molecule has 0 fully saturated rings. The molecule has 0 rings (SSSR count). The average molecular weight is 120 g/mol. The number of rotatable bonds is 2. The minimum Gasteiger partial charge on any atom is -0.368 e. The number of amides is 1. The first kappa shape index (κ1) is 7.35. The maximum absolute atomic E-state index is 9.92. The number of aliphatic hydroxyl groups is 2. The third-order valence-electron chi connectivity index (χ3n) is 0.650. The smallest absolute Gasteiger partial charge is 0.239 e. The minimum atomic E-state index is -1.85. The van der Waals surface area contributed by atoms with E-state index in [1.54, 1.807) is 0 Å². The number of primary amides is 1. The van der Waals surface area contributed by atoms with Crippen LogP contribution in [0.5, 0.6) is 0 Å². The summed E-state index contributed by atoms with van der Waals surface area (Å²) in [5.41, 5.74) is 9.34. The van der Waals surface area contributed by atoms with Crippen LogP contribution in [0, 0.1) is 0 Å². The van der Waals surface area contributed by atoms with Crippen molar-refractivity contribution >= 4 is 5.91 Å². The number of aliphatic hydroxyl groups excluding tert-OH is 1. The zero-order valence-corrected chi connectivity index (χ0v) is 4.11. The van der Waals surface area contributed by atoms with Crippen molar-refractivity contribution in [3.05, 3.63) is 0 Å². The van der Waals surface area contributed by atoms with Gasteiger partial charge in [-0.3, -0.25) is 4.79 Å². The fourth-order valence-electron chi connectivity index (χ4n) is 0.147. The molecule has 8 heavy (non-hydrogen) atoms. The van der Waals surface area contributed by atoms with Crippen LogP contribution in [0.15, 0.2) is 0 Å². The quantitative estimate of drug-likeness (QED) is 0.293. The van der Waals surface area contributed by atoms with Crippen LogP contribution in [0.3, 0.4) is 0 Å². The lowest BCUT2D eigenvalue weighted by Gasteiger charge is -2.07. The van der Waals surface area contributed by atoms with Gasteiger partial charge in [0.25, 0.3) is 0 Å². The van der Waals surface area contributed by atoms with Gasteiger partial charge in [-0.05, 0) is 0 Å². The van der Waals surface area contributed by atoms with Gasteiger partial charge in [0.1, 0.15) is 6.04 Å². The fraction of sp³-hybridized carbons (Fsp3) is 0.667. The first-order valence-electron chi connectivity index (χ1n) is 1.96. The van der Waals surface area contributed by atoms with Gasteiger partial charge < -0.3 is 21.7 Å². The van der Waals surface area contributed by atoms with Gasteiger partial charge in [0, 0.05) is 0 Å². The van der Waals surface area contributed by atoms with Gasteiger partial charge >= 0.3 is 0 Å². The van der Waals surface area contributed by atoms with E-state index in [2.05, 4.69) is 5.73 Å². The molecule has 0 aliphatic heterocycles. The Kier molecular flexibility index (Phi) is 2.40. The van der Waals surface area contributed by atoms with E-state index in [0.29, 0.717) is 0 Å². The van der Waals surface area contributed by atoms with Crippen LogP contribution in [0.25, 0.3) is 0 Å². The van der Waals surface area contributed by atoms with Gasteiger partial charge in [-0.2, -0.15) is 0 Å². The summed E-state index contributed by atoms with van der Waals surface area (Å²) >= 11 is 0. The molecule has 0 aliphatic carbocycles. The standard InChI is InChI=1S/C3H8N2O3/c4-1(2(5)6)3(7)8/h1,3,7-8H,4H2,(H2,5,6). The maximum Gasteiger partial charge on any atom is 0.239 e. The second kappa shape index (κ2) is 2.61. The molecule has 0 aromatic rings. The Morgan fingerprint density at radius 1 is 1.50 bits per heavy atom. The van der Waals surface area contributed by atoms with Gasteiger partial charge in [-0.15, -0.1) is 0 Å². The highest BCUT2D eigenvalue weighted by molar-refractivity contribution is 5.79. The van der Waals surface area contributed by atoms with Crippen molar-refractivity contribution in [2.45, 2.75) is 12.3 Å². The van der Waals surface area contributed by atoms with E-state index in [9.17, 15) is 4.79 Å². The van der Waals surface area contributed by atoms with Crippen molar-refractivity contribution in [1.29, 1.82) is 0 Å². The zero-order chi connectivity index (χ0) is 6.73. The third kappa shape index (κ3) is 1.87. The molecule has 48 valence electrons. The molecule has 6 N–H and O–H groups in total. The molecule has 1 atom stereocenters. The molecule has 0 bridgehead atoms. The summed E-state index contributed by atoms with van der Waals surface area (Å²) in [6.07, 6.45) is -1.85. The topological polar surface area (TPSA) is 110 Å². The molecule has 0 aromatic carbocycles. The van der Waals surface area contributed by atoms with Gasteiger partial charge in [0.05, 0.1) is 0 Å². The van der Waals surface area contributed by atoms with Crippen LogP contribution in [-0.2, 0) is 4.79 Å². The fourth-order valence-corrected chi connectivity index (χ4v) is 0.147. The molecule has 1 amide bonds. The van der Waals surface area contributed by atoms with E-state index in [0.717, 1.165) is 0 Å². The molecule has 0 saturated carbocycles. The summed E-state index contributed by atoms with van der Waals surface area (Å²) in [4.78, 5) is 9.92. The lowest BCUT2D eigenvalue weighted by Crippen LogP contribution is -2.45. The lowest BCUT2D eigenvalue weighted by molar-refractivity contribution is -0.129. The SMILES string of the molecule is NC(=O)C(N)C(O)O. The van der Waals surface area contributed by atoms with Crippen molar-refractivity contribution in [2.75, 3.05) is 0 Å². The Hall–Kier alpha value is -0.650. The van der Waals surface area contributed by atoms with Crippen molar-refractivity contribution in [3.63, 3.8) is 0 Å². The molecule has 0 saturated heterocycles. The number of hydrogen-bond donors (Lipinski definition) is 4. The van der Waals surface area contributed by atoms with Crippen molar-refractivity contribution in [3.8, 4) is 0 Å². The monoisotopic (exact) mass is 120 g/mol. The predicted molar refractivity (Wildman–Crippen MR) is 25.4 cm³/mol. The molecule has 5 heteroatoms. The van der Waals surface area contributed by atoms with Crippen molar-refractivity contribution < 1.29 is 15.0 Å². The zero-order valence-electron chi connectivity index (χ0n) is 4.11. The molecule has 0 aromatic heterocycles. The molecular weight excluding hydrogens is 112 g/mol. The summed E-state index contributed by atoms with van der Waals surface area (Å²) in [5.74, 6) is -0.931. The van der Waals surface area contributed by atoms with Gasteiger partial charge in [0.15, 0.2) is 6.29 Å². The second-order valence-corrected chi connectivity index (χ2v) is 1.34. The highest BCUT2D eigenvalue weighted by atomic mass is 16.5. The highest BCUT2D eigenvalue weighted by Gasteiger charge is 2.15. The third-order valence-corrected chi connectivity index (χ3v) is 0.650. The predicted octanol–water partition coefficient (Wildman–Crippen LogP) is -2.89.